The van der Waals surface area contributed by atoms with Crippen LogP contribution in [0.15, 0.2) is 72.8 Å². The number of hydrazine groups is 1. The van der Waals surface area contributed by atoms with Crippen molar-refractivity contribution >= 4 is 40.5 Å². The molecule has 0 aliphatic carbocycles. The molecular weight excluding hydrogens is 376 g/mol. The van der Waals surface area contributed by atoms with E-state index >= 15 is 0 Å². The first-order chi connectivity index (χ1) is 13.6. The number of anilines is 3. The van der Waals surface area contributed by atoms with Gasteiger partial charge in [-0.15, -0.1) is 0 Å². The number of para-hydroxylation sites is 2. The molecule has 2 aliphatic rings. The number of amides is 2. The van der Waals surface area contributed by atoms with Crippen molar-refractivity contribution in [3.05, 3.63) is 88.9 Å². The molecule has 2 amide bonds. The third-order valence-corrected chi connectivity index (χ3v) is 5.30. The minimum absolute atomic E-state index is 0.315. The van der Waals surface area contributed by atoms with E-state index < -0.39 is 11.6 Å². The second-order valence-electron chi connectivity index (χ2n) is 6.62. The Morgan fingerprint density at radius 3 is 2.39 bits per heavy atom. The van der Waals surface area contributed by atoms with Gasteiger partial charge < -0.3 is 10.6 Å². The van der Waals surface area contributed by atoms with Crippen molar-refractivity contribution in [1.82, 2.24) is 5.01 Å². The summed E-state index contributed by atoms with van der Waals surface area (Å²) >= 11 is 6.32. The maximum Gasteiger partial charge on any atom is 0.278 e. The Morgan fingerprint density at radius 2 is 1.57 bits per heavy atom. The van der Waals surface area contributed by atoms with Crippen LogP contribution < -0.4 is 16.1 Å². The van der Waals surface area contributed by atoms with Crippen LogP contribution in [0.4, 0.5) is 17.1 Å². The van der Waals surface area contributed by atoms with E-state index in [1.165, 1.54) is 5.01 Å². The molecule has 2 aliphatic heterocycles. The maximum absolute atomic E-state index is 13.5. The Kier molecular flexibility index (Phi) is 3.57. The summed E-state index contributed by atoms with van der Waals surface area (Å²) in [6.45, 7) is 0. The molecule has 5 rings (SSSR count). The molecule has 3 aromatic rings. The number of benzene rings is 3. The third kappa shape index (κ3) is 2.21. The lowest BCUT2D eigenvalue weighted by Crippen LogP contribution is -2.63. The fraction of sp³-hybridized carbons (Fsp3) is 0.0476. The molecule has 138 valence electrons. The smallest absolute Gasteiger partial charge is 0.278 e. The maximum atomic E-state index is 13.5. The van der Waals surface area contributed by atoms with Crippen molar-refractivity contribution in [2.45, 2.75) is 5.66 Å². The van der Waals surface area contributed by atoms with Crippen molar-refractivity contribution in [3.63, 3.8) is 0 Å². The molecule has 0 bridgehead atoms. The van der Waals surface area contributed by atoms with Crippen LogP contribution in [0.2, 0.25) is 5.02 Å². The van der Waals surface area contributed by atoms with Gasteiger partial charge in [0.15, 0.2) is 0 Å². The molecule has 0 radical (unpaired) electrons. The molecule has 1 unspecified atom stereocenters. The summed E-state index contributed by atoms with van der Waals surface area (Å²) in [5.41, 5.74) is 4.46. The zero-order valence-electron chi connectivity index (χ0n) is 14.6. The predicted octanol–water partition coefficient (Wildman–Crippen LogP) is 4.04. The van der Waals surface area contributed by atoms with Gasteiger partial charge in [0.1, 0.15) is 0 Å². The molecule has 0 aromatic heterocycles. The van der Waals surface area contributed by atoms with E-state index in [9.17, 15) is 9.59 Å². The number of carbonyl (C=O) groups excluding carboxylic acids is 2. The lowest BCUT2D eigenvalue weighted by Gasteiger charge is -2.44. The standard InChI is InChI=1S/C21H15ClN4O2/c22-15-10-6-12-17-18(15)19(27)26(25-13-7-2-1-3-8-13)21(24-17)14-9-4-5-11-16(14)23-20(21)28/h1-12,24-25H,(H,23,28). The highest BCUT2D eigenvalue weighted by Gasteiger charge is 2.57. The molecule has 28 heavy (non-hydrogen) atoms. The van der Waals surface area contributed by atoms with E-state index in [2.05, 4.69) is 16.1 Å². The first-order valence-electron chi connectivity index (χ1n) is 8.75. The summed E-state index contributed by atoms with van der Waals surface area (Å²) in [5.74, 6) is -0.744. The number of carbonyl (C=O) groups is 2. The molecule has 3 N–H and O–H groups in total. The fourth-order valence-corrected chi connectivity index (χ4v) is 3.98. The van der Waals surface area contributed by atoms with Gasteiger partial charge in [-0.1, -0.05) is 54.1 Å². The molecule has 0 fully saturated rings. The highest BCUT2D eigenvalue weighted by molar-refractivity contribution is 6.35. The van der Waals surface area contributed by atoms with Gasteiger partial charge in [0, 0.05) is 11.3 Å². The van der Waals surface area contributed by atoms with Crippen LogP contribution in [-0.4, -0.2) is 16.8 Å². The average Bonchev–Trinajstić information content (AvgIpc) is 2.98. The van der Waals surface area contributed by atoms with E-state index in [-0.39, 0.29) is 5.91 Å². The highest BCUT2D eigenvalue weighted by atomic mass is 35.5. The Bertz CT molecular complexity index is 1120. The normalized spacial score (nSPS) is 19.7. The Balaban J connectivity index is 1.74. The monoisotopic (exact) mass is 390 g/mol. The number of hydrogen-bond donors (Lipinski definition) is 3. The number of hydrogen-bond acceptors (Lipinski definition) is 4. The average molecular weight is 391 g/mol. The number of halogens is 1. The fourth-order valence-electron chi connectivity index (χ4n) is 3.73. The van der Waals surface area contributed by atoms with Crippen LogP contribution >= 0.6 is 11.6 Å². The lowest BCUT2D eigenvalue weighted by atomic mass is 9.94. The summed E-state index contributed by atoms with van der Waals surface area (Å²) in [6, 6.07) is 21.7. The van der Waals surface area contributed by atoms with Gasteiger partial charge in [-0.05, 0) is 30.3 Å². The predicted molar refractivity (Wildman–Crippen MR) is 108 cm³/mol. The first kappa shape index (κ1) is 16.6. The summed E-state index contributed by atoms with van der Waals surface area (Å²) in [7, 11) is 0. The van der Waals surface area contributed by atoms with Gasteiger partial charge in [0.05, 0.1) is 22.0 Å². The molecule has 0 saturated carbocycles. The second-order valence-corrected chi connectivity index (χ2v) is 7.02. The first-order valence-corrected chi connectivity index (χ1v) is 9.13. The summed E-state index contributed by atoms with van der Waals surface area (Å²) in [6.07, 6.45) is 0. The van der Waals surface area contributed by atoms with E-state index in [4.69, 9.17) is 11.6 Å². The van der Waals surface area contributed by atoms with Gasteiger partial charge in [0.2, 0.25) is 5.66 Å². The zero-order valence-corrected chi connectivity index (χ0v) is 15.3. The third-order valence-electron chi connectivity index (χ3n) is 4.99. The van der Waals surface area contributed by atoms with Gasteiger partial charge >= 0.3 is 0 Å². The molecule has 7 heteroatoms. The van der Waals surface area contributed by atoms with E-state index in [1.54, 1.807) is 18.2 Å². The van der Waals surface area contributed by atoms with Crippen LogP contribution in [-0.2, 0) is 10.5 Å². The summed E-state index contributed by atoms with van der Waals surface area (Å²) in [5, 5.41) is 7.77. The Hall–Kier alpha value is -3.51. The van der Waals surface area contributed by atoms with Crippen LogP contribution in [0.3, 0.4) is 0 Å². The SMILES string of the molecule is O=C1c2c(Cl)cccc2NC2(C(=O)Nc3ccccc32)N1Nc1ccccc1. The van der Waals surface area contributed by atoms with Crippen molar-refractivity contribution in [1.29, 1.82) is 0 Å². The molecule has 6 nitrogen and oxygen atoms in total. The second kappa shape index (κ2) is 6.00. The van der Waals surface area contributed by atoms with E-state index in [1.807, 2.05) is 54.6 Å². The summed E-state index contributed by atoms with van der Waals surface area (Å²) in [4.78, 5) is 26.7. The minimum atomic E-state index is -1.44. The molecule has 1 spiro atoms. The van der Waals surface area contributed by atoms with Crippen molar-refractivity contribution < 1.29 is 9.59 Å². The molecular formula is C21H15ClN4O2. The van der Waals surface area contributed by atoms with Crippen molar-refractivity contribution in [2.75, 3.05) is 16.1 Å². The van der Waals surface area contributed by atoms with E-state index in [0.717, 1.165) is 0 Å². The van der Waals surface area contributed by atoms with Gasteiger partial charge in [-0.3, -0.25) is 15.0 Å². The zero-order chi connectivity index (χ0) is 19.3. The number of rotatable bonds is 2. The van der Waals surface area contributed by atoms with Crippen molar-refractivity contribution in [2.24, 2.45) is 0 Å². The van der Waals surface area contributed by atoms with Crippen molar-refractivity contribution in [3.8, 4) is 0 Å². The van der Waals surface area contributed by atoms with Crippen LogP contribution in [0, 0.1) is 0 Å². The number of nitrogens with one attached hydrogen (secondary N) is 3. The highest BCUT2D eigenvalue weighted by Crippen LogP contribution is 2.46. The van der Waals surface area contributed by atoms with Crippen LogP contribution in [0.1, 0.15) is 15.9 Å². The Labute approximate surface area is 166 Å². The molecule has 3 aromatic carbocycles. The quantitative estimate of drug-likeness (QED) is 0.617. The van der Waals surface area contributed by atoms with Gasteiger partial charge in [-0.2, -0.15) is 0 Å². The lowest BCUT2D eigenvalue weighted by molar-refractivity contribution is -0.124. The number of nitrogens with zero attached hydrogens (tertiary/aromatic N) is 1. The largest absolute Gasteiger partial charge is 0.349 e. The van der Waals surface area contributed by atoms with Gasteiger partial charge in [-0.25, -0.2) is 5.01 Å². The summed E-state index contributed by atoms with van der Waals surface area (Å²) < 4.78 is 0. The topological polar surface area (TPSA) is 73.5 Å². The molecule has 1 atom stereocenters. The minimum Gasteiger partial charge on any atom is -0.349 e. The van der Waals surface area contributed by atoms with Gasteiger partial charge in [0.25, 0.3) is 11.8 Å². The molecule has 0 saturated heterocycles. The van der Waals surface area contributed by atoms with Crippen LogP contribution in [0.5, 0.6) is 0 Å². The Morgan fingerprint density at radius 1 is 0.857 bits per heavy atom. The van der Waals surface area contributed by atoms with E-state index in [0.29, 0.717) is 33.2 Å². The number of fused-ring (bicyclic) bond motifs is 3. The van der Waals surface area contributed by atoms with Crippen LogP contribution in [0.25, 0.3) is 0 Å². The molecule has 2 heterocycles.